The summed E-state index contributed by atoms with van der Waals surface area (Å²) in [5.74, 6) is 0.773. The van der Waals surface area contributed by atoms with E-state index in [0.29, 0.717) is 17.3 Å². The minimum atomic E-state index is -0.154. The molecule has 0 aliphatic rings. The number of aromatic nitrogens is 2. The molecule has 2 heterocycles. The first-order valence-electron chi connectivity index (χ1n) is 7.05. The summed E-state index contributed by atoms with van der Waals surface area (Å²) in [6.45, 7) is 4.64. The van der Waals surface area contributed by atoms with Gasteiger partial charge in [0.1, 0.15) is 5.76 Å². The first kappa shape index (κ1) is 15.6. The molecule has 1 unspecified atom stereocenters. The molecule has 2 rings (SSSR count). The van der Waals surface area contributed by atoms with Gasteiger partial charge in [0, 0.05) is 32.3 Å². The molecule has 5 nitrogen and oxygen atoms in total. The second-order valence-corrected chi connectivity index (χ2v) is 5.47. The van der Waals surface area contributed by atoms with Crippen molar-refractivity contribution < 1.29 is 9.21 Å². The molecule has 0 aromatic carbocycles. The van der Waals surface area contributed by atoms with Crippen LogP contribution in [-0.4, -0.2) is 33.7 Å². The highest BCUT2D eigenvalue weighted by Gasteiger charge is 2.22. The lowest BCUT2D eigenvalue weighted by Crippen LogP contribution is -2.35. The molecule has 0 radical (unpaired) electrons. The largest absolute Gasteiger partial charge is 0.469 e. The molecule has 1 amide bonds. The molecule has 1 atom stereocenters. The molecular formula is C15H20ClN3O2. The fourth-order valence-electron chi connectivity index (χ4n) is 2.07. The second kappa shape index (κ2) is 6.80. The molecule has 0 fully saturated rings. The van der Waals surface area contributed by atoms with Crippen molar-refractivity contribution in [2.45, 2.75) is 39.3 Å². The molecule has 2 aromatic heterocycles. The minimum Gasteiger partial charge on any atom is -0.469 e. The van der Waals surface area contributed by atoms with Crippen molar-refractivity contribution in [3.05, 3.63) is 41.1 Å². The Labute approximate surface area is 129 Å². The average molecular weight is 310 g/mol. The van der Waals surface area contributed by atoms with Crippen molar-refractivity contribution in [1.82, 2.24) is 14.7 Å². The van der Waals surface area contributed by atoms with E-state index in [1.54, 1.807) is 29.1 Å². The molecule has 0 aliphatic heterocycles. The number of rotatable bonds is 6. The Morgan fingerprint density at radius 3 is 2.90 bits per heavy atom. The molecule has 2 aromatic rings. The van der Waals surface area contributed by atoms with Crippen LogP contribution in [0.5, 0.6) is 0 Å². The number of amides is 1. The van der Waals surface area contributed by atoms with Gasteiger partial charge < -0.3 is 9.32 Å². The van der Waals surface area contributed by atoms with E-state index >= 15 is 0 Å². The van der Waals surface area contributed by atoms with Crippen LogP contribution in [-0.2, 0) is 13.0 Å². The van der Waals surface area contributed by atoms with Crippen LogP contribution in [0.15, 0.2) is 29.0 Å². The van der Waals surface area contributed by atoms with Gasteiger partial charge in [0.25, 0.3) is 5.91 Å². The molecule has 0 spiro atoms. The number of carbonyl (C=O) groups excluding carboxylic acids is 1. The topological polar surface area (TPSA) is 51.3 Å². The van der Waals surface area contributed by atoms with Crippen molar-refractivity contribution in [2.75, 3.05) is 7.05 Å². The third-order valence-corrected chi connectivity index (χ3v) is 3.89. The number of hydrogen-bond acceptors (Lipinski definition) is 3. The van der Waals surface area contributed by atoms with Crippen molar-refractivity contribution in [2.24, 2.45) is 0 Å². The highest BCUT2D eigenvalue weighted by Crippen LogP contribution is 2.18. The summed E-state index contributed by atoms with van der Waals surface area (Å²) in [4.78, 5) is 14.1. The van der Waals surface area contributed by atoms with Crippen LogP contribution in [0.3, 0.4) is 0 Å². The number of furan rings is 1. The highest BCUT2D eigenvalue weighted by atomic mass is 35.5. The normalized spacial score (nSPS) is 12.4. The fraction of sp³-hybridized carbons (Fsp3) is 0.467. The zero-order chi connectivity index (χ0) is 15.4. The van der Waals surface area contributed by atoms with Crippen LogP contribution in [0.2, 0.25) is 5.02 Å². The summed E-state index contributed by atoms with van der Waals surface area (Å²) in [6.07, 6.45) is 4.95. The highest BCUT2D eigenvalue weighted by molar-refractivity contribution is 6.33. The lowest BCUT2D eigenvalue weighted by atomic mass is 10.1. The van der Waals surface area contributed by atoms with Crippen molar-refractivity contribution in [1.29, 1.82) is 0 Å². The third-order valence-electron chi connectivity index (χ3n) is 3.61. The van der Waals surface area contributed by atoms with E-state index in [0.717, 1.165) is 18.6 Å². The molecule has 0 N–H and O–H groups in total. The maximum absolute atomic E-state index is 12.4. The summed E-state index contributed by atoms with van der Waals surface area (Å²) in [5, 5.41) is 4.61. The van der Waals surface area contributed by atoms with Crippen LogP contribution in [0, 0.1) is 0 Å². The molecule has 114 valence electrons. The standard InChI is InChI=1S/C15H20ClN3O2/c1-4-19-10-13(16)14(17-19)15(20)18(3)11(2)7-8-12-6-5-9-21-12/h5-6,9-11H,4,7-8H2,1-3H3. The van der Waals surface area contributed by atoms with E-state index in [-0.39, 0.29) is 11.9 Å². The predicted octanol–water partition coefficient (Wildman–Crippen LogP) is 3.24. The molecule has 0 saturated carbocycles. The SMILES string of the molecule is CCn1cc(Cl)c(C(=O)N(C)C(C)CCc2ccco2)n1. The zero-order valence-electron chi connectivity index (χ0n) is 12.5. The molecule has 21 heavy (non-hydrogen) atoms. The van der Waals surface area contributed by atoms with Crippen molar-refractivity contribution in [3.63, 3.8) is 0 Å². The summed E-state index contributed by atoms with van der Waals surface area (Å²) < 4.78 is 6.97. The van der Waals surface area contributed by atoms with E-state index in [1.165, 1.54) is 0 Å². The number of halogens is 1. The van der Waals surface area contributed by atoms with Gasteiger partial charge in [-0.05, 0) is 32.4 Å². The summed E-state index contributed by atoms with van der Waals surface area (Å²) in [7, 11) is 1.77. The smallest absolute Gasteiger partial charge is 0.275 e. The molecule has 0 saturated heterocycles. The van der Waals surface area contributed by atoms with E-state index < -0.39 is 0 Å². The minimum absolute atomic E-state index is 0.0745. The van der Waals surface area contributed by atoms with Gasteiger partial charge in [-0.1, -0.05) is 11.6 Å². The Hall–Kier alpha value is -1.75. The maximum Gasteiger partial charge on any atom is 0.275 e. The van der Waals surface area contributed by atoms with Gasteiger partial charge in [0.2, 0.25) is 0 Å². The molecule has 0 aliphatic carbocycles. The van der Waals surface area contributed by atoms with Gasteiger partial charge >= 0.3 is 0 Å². The second-order valence-electron chi connectivity index (χ2n) is 5.06. The maximum atomic E-state index is 12.4. The van der Waals surface area contributed by atoms with Crippen LogP contribution in [0.4, 0.5) is 0 Å². The van der Waals surface area contributed by atoms with Gasteiger partial charge in [0.15, 0.2) is 5.69 Å². The lowest BCUT2D eigenvalue weighted by molar-refractivity contribution is 0.0729. The Kier molecular flexibility index (Phi) is 5.07. The first-order valence-corrected chi connectivity index (χ1v) is 7.43. The van der Waals surface area contributed by atoms with Gasteiger partial charge in [-0.3, -0.25) is 9.48 Å². The van der Waals surface area contributed by atoms with Gasteiger partial charge in [0.05, 0.1) is 11.3 Å². The summed E-state index contributed by atoms with van der Waals surface area (Å²) in [6, 6.07) is 3.88. The van der Waals surface area contributed by atoms with Crippen LogP contribution >= 0.6 is 11.6 Å². The Morgan fingerprint density at radius 1 is 1.57 bits per heavy atom. The van der Waals surface area contributed by atoms with Crippen LogP contribution < -0.4 is 0 Å². The average Bonchev–Trinajstić information content (AvgIpc) is 3.12. The van der Waals surface area contributed by atoms with Gasteiger partial charge in [-0.2, -0.15) is 5.10 Å². The summed E-state index contributed by atoms with van der Waals surface area (Å²) >= 11 is 6.08. The fourth-order valence-corrected chi connectivity index (χ4v) is 2.30. The van der Waals surface area contributed by atoms with Crippen LogP contribution in [0.25, 0.3) is 0 Å². The third kappa shape index (κ3) is 3.67. The van der Waals surface area contributed by atoms with E-state index in [2.05, 4.69) is 5.10 Å². The molecule has 0 bridgehead atoms. The van der Waals surface area contributed by atoms with Crippen LogP contribution in [0.1, 0.15) is 36.5 Å². The number of aryl methyl sites for hydroxylation is 2. The number of carbonyl (C=O) groups is 1. The van der Waals surface area contributed by atoms with E-state index in [9.17, 15) is 4.79 Å². The molecular weight excluding hydrogens is 290 g/mol. The number of nitrogens with zero attached hydrogens (tertiary/aromatic N) is 3. The van der Waals surface area contributed by atoms with E-state index in [1.807, 2.05) is 26.0 Å². The van der Waals surface area contributed by atoms with E-state index in [4.69, 9.17) is 16.0 Å². The Morgan fingerprint density at radius 2 is 2.33 bits per heavy atom. The van der Waals surface area contributed by atoms with Gasteiger partial charge in [-0.25, -0.2) is 0 Å². The molecule has 6 heteroatoms. The lowest BCUT2D eigenvalue weighted by Gasteiger charge is -2.24. The zero-order valence-corrected chi connectivity index (χ0v) is 13.3. The van der Waals surface area contributed by atoms with Gasteiger partial charge in [-0.15, -0.1) is 0 Å². The van der Waals surface area contributed by atoms with Crippen molar-refractivity contribution >= 4 is 17.5 Å². The summed E-state index contributed by atoms with van der Waals surface area (Å²) in [5.41, 5.74) is 0.311. The first-order chi connectivity index (χ1) is 10.0. The Balaban J connectivity index is 1.98. The number of hydrogen-bond donors (Lipinski definition) is 0. The van der Waals surface area contributed by atoms with Crippen molar-refractivity contribution in [3.8, 4) is 0 Å². The monoisotopic (exact) mass is 309 g/mol. The quantitative estimate of drug-likeness (QED) is 0.823. The predicted molar refractivity (Wildman–Crippen MR) is 81.5 cm³/mol. The Bertz CT molecular complexity index is 592.